The van der Waals surface area contributed by atoms with Gasteiger partial charge in [-0.15, -0.1) is 0 Å². The first kappa shape index (κ1) is 26.8. The molecule has 1 atom stereocenters. The Morgan fingerprint density at radius 3 is 2.21 bits per heavy atom. The molecule has 0 aliphatic carbocycles. The van der Waals surface area contributed by atoms with E-state index in [0.29, 0.717) is 35.8 Å². The summed E-state index contributed by atoms with van der Waals surface area (Å²) < 4.78 is 28.3. The first-order chi connectivity index (χ1) is 18.1. The molecule has 0 unspecified atom stereocenters. The number of carboxylic acids is 1. The molecule has 0 saturated carbocycles. The lowest BCUT2D eigenvalue weighted by Crippen LogP contribution is -2.40. The Labute approximate surface area is 219 Å². The van der Waals surface area contributed by atoms with Gasteiger partial charge in [0.1, 0.15) is 17.2 Å². The molecule has 1 aliphatic heterocycles. The highest BCUT2D eigenvalue weighted by molar-refractivity contribution is 5.94. The molecule has 0 bridgehead atoms. The Hall–Kier alpha value is -4.27. The van der Waals surface area contributed by atoms with Crippen LogP contribution >= 0.6 is 0 Å². The molecule has 38 heavy (non-hydrogen) atoms. The van der Waals surface area contributed by atoms with Crippen molar-refractivity contribution in [2.45, 2.75) is 45.1 Å². The minimum Gasteiger partial charge on any atom is -0.477 e. The van der Waals surface area contributed by atoms with Crippen molar-refractivity contribution < 1.29 is 28.3 Å². The third kappa shape index (κ3) is 5.99. The first-order valence-electron chi connectivity index (χ1n) is 12.4. The first-order valence-corrected chi connectivity index (χ1v) is 12.4. The van der Waals surface area contributed by atoms with E-state index in [1.165, 1.54) is 23.8 Å². The fourth-order valence-corrected chi connectivity index (χ4v) is 4.59. The Morgan fingerprint density at radius 2 is 1.58 bits per heavy atom. The Kier molecular flexibility index (Phi) is 8.05. The number of nitrogens with one attached hydrogen (secondary N) is 2. The number of benzene rings is 3. The van der Waals surface area contributed by atoms with Gasteiger partial charge >= 0.3 is 12.0 Å². The molecule has 1 heterocycles. The van der Waals surface area contributed by atoms with Crippen molar-refractivity contribution in [2.75, 3.05) is 17.2 Å². The third-order valence-electron chi connectivity index (χ3n) is 6.67. The lowest BCUT2D eigenvalue weighted by molar-refractivity contribution is -0.117. The number of aromatic carboxylic acids is 1. The molecule has 1 saturated heterocycles. The second kappa shape index (κ2) is 11.4. The summed E-state index contributed by atoms with van der Waals surface area (Å²) in [6, 6.07) is 15.4. The number of carboxylic acid groups (broad SMARTS) is 1. The second-order valence-electron chi connectivity index (χ2n) is 9.62. The fourth-order valence-electron chi connectivity index (χ4n) is 4.59. The molecule has 3 N–H and O–H groups in total. The molecule has 1 fully saturated rings. The van der Waals surface area contributed by atoms with Crippen molar-refractivity contribution in [3.63, 3.8) is 0 Å². The number of carbonyl (C=O) groups excluding carboxylic acids is 2. The second-order valence-corrected chi connectivity index (χ2v) is 9.62. The Balaban J connectivity index is 1.36. The number of hydrogen-bond acceptors (Lipinski definition) is 3. The number of halogens is 2. The number of urea groups is 1. The van der Waals surface area contributed by atoms with E-state index < -0.39 is 23.2 Å². The third-order valence-corrected chi connectivity index (χ3v) is 6.67. The van der Waals surface area contributed by atoms with Crippen molar-refractivity contribution in [3.05, 3.63) is 83.4 Å². The number of likely N-dealkylation sites (tertiary alicyclic amines) is 1. The van der Waals surface area contributed by atoms with Crippen molar-refractivity contribution in [2.24, 2.45) is 0 Å². The van der Waals surface area contributed by atoms with Gasteiger partial charge in [-0.05, 0) is 66.3 Å². The average Bonchev–Trinajstić information content (AvgIpc) is 3.33. The highest BCUT2D eigenvalue weighted by atomic mass is 19.1. The number of hydrogen-bond donors (Lipinski definition) is 3. The molecule has 0 radical (unpaired) electrons. The number of amides is 3. The van der Waals surface area contributed by atoms with Gasteiger partial charge in [0.15, 0.2) is 0 Å². The molecule has 4 rings (SSSR count). The molecule has 198 valence electrons. The summed E-state index contributed by atoms with van der Waals surface area (Å²) in [6.45, 7) is 4.76. The van der Waals surface area contributed by atoms with Crippen LogP contribution < -0.4 is 10.6 Å². The monoisotopic (exact) mass is 521 g/mol. The van der Waals surface area contributed by atoms with Crippen molar-refractivity contribution in [1.82, 2.24) is 4.90 Å². The van der Waals surface area contributed by atoms with E-state index in [2.05, 4.69) is 24.5 Å². The molecule has 0 aromatic heterocycles. The Morgan fingerprint density at radius 1 is 0.947 bits per heavy atom. The van der Waals surface area contributed by atoms with Gasteiger partial charge in [0.05, 0.1) is 0 Å². The van der Waals surface area contributed by atoms with Crippen LogP contribution in [0, 0.1) is 11.6 Å². The van der Waals surface area contributed by atoms with Crippen LogP contribution in [0.25, 0.3) is 11.1 Å². The topological polar surface area (TPSA) is 98.7 Å². The minimum atomic E-state index is -1.69. The van der Waals surface area contributed by atoms with E-state index in [4.69, 9.17) is 5.11 Å². The zero-order valence-electron chi connectivity index (χ0n) is 21.1. The van der Waals surface area contributed by atoms with E-state index in [1.54, 1.807) is 17.0 Å². The summed E-state index contributed by atoms with van der Waals surface area (Å²) in [7, 11) is 0. The van der Waals surface area contributed by atoms with E-state index in [9.17, 15) is 23.2 Å². The van der Waals surface area contributed by atoms with Crippen molar-refractivity contribution in [3.8, 4) is 11.1 Å². The zero-order valence-corrected chi connectivity index (χ0v) is 21.1. The van der Waals surface area contributed by atoms with Crippen LogP contribution in [-0.4, -0.2) is 40.5 Å². The fraction of sp³-hybridized carbons (Fsp3) is 0.276. The van der Waals surface area contributed by atoms with Gasteiger partial charge < -0.3 is 20.6 Å². The summed E-state index contributed by atoms with van der Waals surface area (Å²) in [5.41, 5.74) is 1.59. The van der Waals surface area contributed by atoms with Crippen LogP contribution in [0.15, 0.2) is 60.7 Å². The van der Waals surface area contributed by atoms with Crippen LogP contribution in [0.5, 0.6) is 0 Å². The van der Waals surface area contributed by atoms with Crippen LogP contribution in [0.1, 0.15) is 54.9 Å². The largest absolute Gasteiger partial charge is 0.477 e. The number of rotatable bonds is 7. The zero-order chi connectivity index (χ0) is 27.4. The van der Waals surface area contributed by atoms with Crippen molar-refractivity contribution in [1.29, 1.82) is 0 Å². The van der Waals surface area contributed by atoms with Gasteiger partial charge in [0.25, 0.3) is 0 Å². The van der Waals surface area contributed by atoms with Crippen LogP contribution in [0.4, 0.5) is 25.0 Å². The maximum absolute atomic E-state index is 14.6. The molecule has 3 amide bonds. The lowest BCUT2D eigenvalue weighted by Gasteiger charge is -2.25. The van der Waals surface area contributed by atoms with Crippen LogP contribution in [0.2, 0.25) is 0 Å². The highest BCUT2D eigenvalue weighted by Crippen LogP contribution is 2.28. The lowest BCUT2D eigenvalue weighted by atomic mass is 10.0. The van der Waals surface area contributed by atoms with Crippen LogP contribution in [-0.2, 0) is 4.79 Å². The smallest absolute Gasteiger partial charge is 0.341 e. The van der Waals surface area contributed by atoms with Crippen LogP contribution in [0.3, 0.4) is 0 Å². The normalized spacial score (nSPS) is 15.0. The minimum absolute atomic E-state index is 0.0619. The van der Waals surface area contributed by atoms with E-state index in [0.717, 1.165) is 12.5 Å². The average molecular weight is 522 g/mol. The standard InChI is InChI=1S/C29H29F2N3O4/c1-17(2)18-5-9-21(10-6-18)33-29(38)34-15-3-4-22(34)16-25(35)32-20-11-7-19(8-12-20)23-13-14-24(30)26(27(23)31)28(36)37/h5-14,17,22H,3-4,15-16H2,1-2H3,(H,32,35)(H,33,38)(H,36,37)/t22-/m1/s1. The van der Waals surface area contributed by atoms with Crippen molar-refractivity contribution >= 4 is 29.3 Å². The summed E-state index contributed by atoms with van der Waals surface area (Å²) in [5.74, 6) is -3.88. The summed E-state index contributed by atoms with van der Waals surface area (Å²) in [4.78, 5) is 38.4. The molecule has 3 aromatic carbocycles. The van der Waals surface area contributed by atoms with Gasteiger partial charge in [0, 0.05) is 35.9 Å². The van der Waals surface area contributed by atoms with Gasteiger partial charge in [0.2, 0.25) is 5.91 Å². The summed E-state index contributed by atoms with van der Waals surface area (Å²) in [6.07, 6.45) is 1.63. The van der Waals surface area contributed by atoms with Gasteiger partial charge in [-0.3, -0.25) is 4.79 Å². The molecule has 7 nitrogen and oxygen atoms in total. The maximum atomic E-state index is 14.6. The molecule has 3 aromatic rings. The summed E-state index contributed by atoms with van der Waals surface area (Å²) >= 11 is 0. The number of anilines is 2. The SMILES string of the molecule is CC(C)c1ccc(NC(=O)N2CCC[C@@H]2CC(=O)Nc2ccc(-c3ccc(F)c(C(=O)O)c3F)cc2)cc1. The maximum Gasteiger partial charge on any atom is 0.341 e. The number of nitrogens with zero attached hydrogens (tertiary/aromatic N) is 1. The van der Waals surface area contributed by atoms with Gasteiger partial charge in [-0.2, -0.15) is 0 Å². The predicted octanol–water partition coefficient (Wildman–Crippen LogP) is 6.48. The summed E-state index contributed by atoms with van der Waals surface area (Å²) in [5, 5.41) is 14.8. The van der Waals surface area contributed by atoms with E-state index in [-0.39, 0.29) is 30.0 Å². The predicted molar refractivity (Wildman–Crippen MR) is 141 cm³/mol. The number of carbonyl (C=O) groups is 3. The molecular weight excluding hydrogens is 492 g/mol. The quantitative estimate of drug-likeness (QED) is 0.331. The van der Waals surface area contributed by atoms with E-state index >= 15 is 0 Å². The van der Waals surface area contributed by atoms with Gasteiger partial charge in [-0.25, -0.2) is 18.4 Å². The molecule has 9 heteroatoms. The molecular formula is C29H29F2N3O4. The Bertz CT molecular complexity index is 1340. The highest BCUT2D eigenvalue weighted by Gasteiger charge is 2.30. The molecule has 0 spiro atoms. The van der Waals surface area contributed by atoms with E-state index in [1.807, 2.05) is 24.3 Å². The van der Waals surface area contributed by atoms with Gasteiger partial charge in [-0.1, -0.05) is 38.1 Å². The molecule has 1 aliphatic rings.